The van der Waals surface area contributed by atoms with Crippen molar-refractivity contribution in [3.8, 4) is 5.75 Å². The third-order valence-corrected chi connectivity index (χ3v) is 4.97. The van der Waals surface area contributed by atoms with E-state index in [-0.39, 0.29) is 12.3 Å². The minimum absolute atomic E-state index is 0.169. The maximum absolute atomic E-state index is 12.3. The predicted octanol–water partition coefficient (Wildman–Crippen LogP) is 0.401. The number of rotatable bonds is 4. The molecule has 106 valence electrons. The van der Waals surface area contributed by atoms with Crippen LogP contribution < -0.4 is 0 Å². The molecule has 0 spiro atoms. The highest BCUT2D eigenvalue weighted by Gasteiger charge is 2.28. The van der Waals surface area contributed by atoms with Crippen LogP contribution in [0.2, 0.25) is 0 Å². The molecule has 1 fully saturated rings. The fourth-order valence-electron chi connectivity index (χ4n) is 1.91. The van der Waals surface area contributed by atoms with Gasteiger partial charge in [-0.15, -0.1) is 0 Å². The number of benzene rings is 1. The zero-order chi connectivity index (χ0) is 13.9. The molecule has 19 heavy (non-hydrogen) atoms. The van der Waals surface area contributed by atoms with Crippen molar-refractivity contribution in [1.82, 2.24) is 8.61 Å². The molecule has 0 aliphatic carbocycles. The van der Waals surface area contributed by atoms with E-state index >= 15 is 0 Å². The second-order valence-corrected chi connectivity index (χ2v) is 6.48. The van der Waals surface area contributed by atoms with Crippen LogP contribution >= 0.6 is 0 Å². The van der Waals surface area contributed by atoms with Crippen LogP contribution in [-0.2, 0) is 21.5 Å². The van der Waals surface area contributed by atoms with E-state index in [1.54, 1.807) is 31.3 Å². The first-order valence-corrected chi connectivity index (χ1v) is 7.47. The Balaban J connectivity index is 2.05. The summed E-state index contributed by atoms with van der Waals surface area (Å²) in [7, 11) is -1.89. The minimum Gasteiger partial charge on any atom is -0.508 e. The van der Waals surface area contributed by atoms with E-state index in [9.17, 15) is 13.5 Å². The highest BCUT2D eigenvalue weighted by atomic mass is 32.2. The fourth-order valence-corrected chi connectivity index (χ4v) is 3.23. The molecule has 1 aliphatic heterocycles. The standard InChI is InChI=1S/C12H18N2O4S/c1-13(10-11-2-4-12(15)5-3-11)19(16,17)14-6-8-18-9-7-14/h2-5,15H,6-10H2,1H3. The molecule has 0 aromatic heterocycles. The van der Waals surface area contributed by atoms with Gasteiger partial charge in [-0.05, 0) is 17.7 Å². The highest BCUT2D eigenvalue weighted by Crippen LogP contribution is 2.15. The number of phenolic OH excluding ortho intramolecular Hbond substituents is 1. The van der Waals surface area contributed by atoms with Crippen molar-refractivity contribution in [3.05, 3.63) is 29.8 Å². The van der Waals surface area contributed by atoms with E-state index in [2.05, 4.69) is 0 Å². The summed E-state index contributed by atoms with van der Waals surface area (Å²) in [5.41, 5.74) is 0.831. The van der Waals surface area contributed by atoms with Gasteiger partial charge in [0.1, 0.15) is 5.75 Å². The van der Waals surface area contributed by atoms with Gasteiger partial charge in [-0.25, -0.2) is 0 Å². The SMILES string of the molecule is CN(Cc1ccc(O)cc1)S(=O)(=O)N1CCOCC1. The molecule has 7 heteroatoms. The van der Waals surface area contributed by atoms with E-state index in [0.717, 1.165) is 5.56 Å². The van der Waals surface area contributed by atoms with Gasteiger partial charge >= 0.3 is 0 Å². The summed E-state index contributed by atoms with van der Waals surface area (Å²) >= 11 is 0. The Kier molecular flexibility index (Phi) is 4.41. The molecule has 0 unspecified atom stereocenters. The van der Waals surface area contributed by atoms with Crippen molar-refractivity contribution in [2.24, 2.45) is 0 Å². The number of ether oxygens (including phenoxy) is 1. The van der Waals surface area contributed by atoms with Crippen LogP contribution in [0.25, 0.3) is 0 Å². The summed E-state index contributed by atoms with van der Waals surface area (Å²) in [6.45, 7) is 1.93. The average Bonchev–Trinajstić information content (AvgIpc) is 2.42. The second kappa shape index (κ2) is 5.87. The van der Waals surface area contributed by atoms with Crippen molar-refractivity contribution in [2.75, 3.05) is 33.4 Å². The summed E-state index contributed by atoms with van der Waals surface area (Å²) in [6.07, 6.45) is 0. The molecule has 2 rings (SSSR count). The number of nitrogens with zero attached hydrogens (tertiary/aromatic N) is 2. The van der Waals surface area contributed by atoms with Crippen LogP contribution in [0.4, 0.5) is 0 Å². The molecule has 0 amide bonds. The van der Waals surface area contributed by atoms with Gasteiger partial charge in [-0.3, -0.25) is 0 Å². The maximum atomic E-state index is 12.3. The second-order valence-electron chi connectivity index (χ2n) is 4.44. The molecule has 0 saturated carbocycles. The van der Waals surface area contributed by atoms with Crippen molar-refractivity contribution in [3.63, 3.8) is 0 Å². The Morgan fingerprint density at radius 2 is 1.84 bits per heavy atom. The van der Waals surface area contributed by atoms with Crippen LogP contribution in [0.3, 0.4) is 0 Å². The normalized spacial score (nSPS) is 17.8. The van der Waals surface area contributed by atoms with E-state index < -0.39 is 10.2 Å². The van der Waals surface area contributed by atoms with E-state index in [0.29, 0.717) is 26.3 Å². The van der Waals surface area contributed by atoms with Crippen molar-refractivity contribution < 1.29 is 18.3 Å². The van der Waals surface area contributed by atoms with Crippen LogP contribution in [0, 0.1) is 0 Å². The largest absolute Gasteiger partial charge is 0.508 e. The third kappa shape index (κ3) is 3.44. The molecule has 0 atom stereocenters. The van der Waals surface area contributed by atoms with Gasteiger partial charge in [0, 0.05) is 26.7 Å². The molecule has 1 aliphatic rings. The van der Waals surface area contributed by atoms with E-state index in [1.165, 1.54) is 8.61 Å². The van der Waals surface area contributed by atoms with Gasteiger partial charge in [-0.1, -0.05) is 12.1 Å². The summed E-state index contributed by atoms with van der Waals surface area (Å²) < 4.78 is 32.5. The van der Waals surface area contributed by atoms with E-state index in [4.69, 9.17) is 4.74 Å². The van der Waals surface area contributed by atoms with Crippen molar-refractivity contribution >= 4 is 10.2 Å². The lowest BCUT2D eigenvalue weighted by Crippen LogP contribution is -2.47. The number of hydrogen-bond donors (Lipinski definition) is 1. The summed E-state index contributed by atoms with van der Waals surface area (Å²) in [5.74, 6) is 0.169. The summed E-state index contributed by atoms with van der Waals surface area (Å²) in [4.78, 5) is 0. The number of hydrogen-bond acceptors (Lipinski definition) is 4. The Bertz CT molecular complexity index is 509. The summed E-state index contributed by atoms with van der Waals surface area (Å²) in [6, 6.07) is 6.51. The van der Waals surface area contributed by atoms with Crippen LogP contribution in [0.5, 0.6) is 5.75 Å². The number of morpholine rings is 1. The molecular weight excluding hydrogens is 268 g/mol. The summed E-state index contributed by atoms with van der Waals surface area (Å²) in [5, 5.41) is 9.20. The maximum Gasteiger partial charge on any atom is 0.282 e. The van der Waals surface area contributed by atoms with Gasteiger partial charge in [0.05, 0.1) is 13.2 Å². The van der Waals surface area contributed by atoms with Crippen LogP contribution in [0.1, 0.15) is 5.56 Å². The Hall–Kier alpha value is -1.15. The smallest absolute Gasteiger partial charge is 0.282 e. The average molecular weight is 286 g/mol. The molecule has 6 nitrogen and oxygen atoms in total. The lowest BCUT2D eigenvalue weighted by Gasteiger charge is -2.30. The van der Waals surface area contributed by atoms with Crippen molar-refractivity contribution in [1.29, 1.82) is 0 Å². The first kappa shape index (κ1) is 14.3. The van der Waals surface area contributed by atoms with E-state index in [1.807, 2.05) is 0 Å². The minimum atomic E-state index is -3.45. The number of aromatic hydroxyl groups is 1. The number of phenols is 1. The zero-order valence-corrected chi connectivity index (χ0v) is 11.6. The lowest BCUT2D eigenvalue weighted by atomic mass is 10.2. The van der Waals surface area contributed by atoms with Crippen molar-refractivity contribution in [2.45, 2.75) is 6.54 Å². The first-order chi connectivity index (χ1) is 9.00. The molecular formula is C12H18N2O4S. The topological polar surface area (TPSA) is 70.1 Å². The molecule has 1 aromatic carbocycles. The van der Waals surface area contributed by atoms with Gasteiger partial charge in [-0.2, -0.15) is 17.0 Å². The quantitative estimate of drug-likeness (QED) is 0.870. The van der Waals surface area contributed by atoms with Gasteiger partial charge in [0.15, 0.2) is 0 Å². The van der Waals surface area contributed by atoms with Gasteiger partial charge in [0.2, 0.25) is 0 Å². The third-order valence-electron chi connectivity index (χ3n) is 3.03. The first-order valence-electron chi connectivity index (χ1n) is 6.07. The predicted molar refractivity (Wildman–Crippen MR) is 70.9 cm³/mol. The Labute approximate surface area is 113 Å². The lowest BCUT2D eigenvalue weighted by molar-refractivity contribution is 0.0705. The molecule has 0 radical (unpaired) electrons. The zero-order valence-electron chi connectivity index (χ0n) is 10.8. The monoisotopic (exact) mass is 286 g/mol. The molecule has 1 N–H and O–H groups in total. The van der Waals surface area contributed by atoms with Crippen LogP contribution in [-0.4, -0.2) is 55.5 Å². The fraction of sp³-hybridized carbons (Fsp3) is 0.500. The Morgan fingerprint density at radius 1 is 1.26 bits per heavy atom. The molecule has 1 heterocycles. The molecule has 1 aromatic rings. The van der Waals surface area contributed by atoms with Crippen LogP contribution in [0.15, 0.2) is 24.3 Å². The Morgan fingerprint density at radius 3 is 2.42 bits per heavy atom. The molecule has 0 bridgehead atoms. The highest BCUT2D eigenvalue weighted by molar-refractivity contribution is 7.86. The molecule has 1 saturated heterocycles. The van der Waals surface area contributed by atoms with Gasteiger partial charge < -0.3 is 9.84 Å². The van der Waals surface area contributed by atoms with Gasteiger partial charge in [0.25, 0.3) is 10.2 Å².